The van der Waals surface area contributed by atoms with Gasteiger partial charge in [0.1, 0.15) is 0 Å². The highest BCUT2D eigenvalue weighted by Gasteiger charge is 2.17. The maximum atomic E-state index is 10.6. The van der Waals surface area contributed by atoms with Crippen molar-refractivity contribution in [3.8, 4) is 0 Å². The van der Waals surface area contributed by atoms with Crippen LogP contribution in [0.4, 0.5) is 5.69 Å². The second-order valence-electron chi connectivity index (χ2n) is 3.95. The highest BCUT2D eigenvalue weighted by molar-refractivity contribution is 7.99. The Morgan fingerprint density at radius 2 is 2.38 bits per heavy atom. The van der Waals surface area contributed by atoms with Gasteiger partial charge in [0.05, 0.1) is 12.1 Å². The number of thioether (sulfide) groups is 1. The molecule has 1 aromatic carbocycles. The van der Waals surface area contributed by atoms with Crippen molar-refractivity contribution in [2.24, 2.45) is 0 Å². The second-order valence-corrected chi connectivity index (χ2v) is 5.09. The minimum absolute atomic E-state index is 0.206. The quantitative estimate of drug-likeness (QED) is 0.876. The predicted molar refractivity (Wildman–Crippen MR) is 66.4 cm³/mol. The largest absolute Gasteiger partial charge is 0.481 e. The number of rotatable bonds is 3. The van der Waals surface area contributed by atoms with Crippen LogP contribution >= 0.6 is 11.8 Å². The summed E-state index contributed by atoms with van der Waals surface area (Å²) >= 11 is 1.85. The van der Waals surface area contributed by atoms with E-state index in [2.05, 4.69) is 30.0 Å². The van der Waals surface area contributed by atoms with Crippen LogP contribution in [0.5, 0.6) is 0 Å². The van der Waals surface area contributed by atoms with Crippen molar-refractivity contribution < 1.29 is 9.90 Å². The molecule has 0 fully saturated rings. The smallest absolute Gasteiger partial charge is 0.305 e. The number of aryl methyl sites for hydroxylation is 1. The number of fused-ring (bicyclic) bond motifs is 1. The Kier molecular flexibility index (Phi) is 3.39. The third kappa shape index (κ3) is 2.50. The zero-order valence-electron chi connectivity index (χ0n) is 9.27. The number of nitrogens with zero attached hydrogens (tertiary/aromatic N) is 1. The highest BCUT2D eigenvalue weighted by Crippen LogP contribution is 2.35. The molecule has 1 aliphatic heterocycles. The Morgan fingerprint density at radius 3 is 3.12 bits per heavy atom. The summed E-state index contributed by atoms with van der Waals surface area (Å²) in [5.74, 6) is 0.308. The first-order chi connectivity index (χ1) is 7.66. The maximum Gasteiger partial charge on any atom is 0.305 e. The zero-order chi connectivity index (χ0) is 11.5. The Morgan fingerprint density at radius 1 is 1.56 bits per heavy atom. The van der Waals surface area contributed by atoms with Gasteiger partial charge in [-0.3, -0.25) is 4.79 Å². The lowest BCUT2D eigenvalue weighted by atomic mass is 10.2. The highest BCUT2D eigenvalue weighted by atomic mass is 32.2. The molecule has 1 aliphatic rings. The van der Waals surface area contributed by atoms with Crippen LogP contribution in [0.15, 0.2) is 23.1 Å². The van der Waals surface area contributed by atoms with Gasteiger partial charge in [0.15, 0.2) is 0 Å². The van der Waals surface area contributed by atoms with Gasteiger partial charge in [0, 0.05) is 23.7 Å². The molecule has 0 aliphatic carbocycles. The van der Waals surface area contributed by atoms with Crippen molar-refractivity contribution in [1.82, 2.24) is 0 Å². The molecule has 0 unspecified atom stereocenters. The normalized spacial score (nSPS) is 14.7. The fourth-order valence-corrected chi connectivity index (χ4v) is 2.88. The van der Waals surface area contributed by atoms with Crippen LogP contribution in [0.25, 0.3) is 0 Å². The number of hydrogen-bond donors (Lipinski definition) is 1. The number of hydrogen-bond acceptors (Lipinski definition) is 3. The molecule has 86 valence electrons. The van der Waals surface area contributed by atoms with E-state index < -0.39 is 5.97 Å². The van der Waals surface area contributed by atoms with E-state index >= 15 is 0 Å². The lowest BCUT2D eigenvalue weighted by Gasteiger charge is -2.30. The summed E-state index contributed by atoms with van der Waals surface area (Å²) in [6.45, 7) is 3.61. The monoisotopic (exact) mass is 237 g/mol. The molecule has 0 atom stereocenters. The Bertz CT molecular complexity index is 406. The first-order valence-electron chi connectivity index (χ1n) is 5.37. The van der Waals surface area contributed by atoms with Gasteiger partial charge in [-0.15, -0.1) is 11.8 Å². The summed E-state index contributed by atoms with van der Waals surface area (Å²) in [4.78, 5) is 14.0. The first-order valence-corrected chi connectivity index (χ1v) is 6.35. The van der Waals surface area contributed by atoms with E-state index in [0.717, 1.165) is 12.3 Å². The van der Waals surface area contributed by atoms with Crippen LogP contribution < -0.4 is 4.90 Å². The molecule has 0 radical (unpaired) electrons. The third-order valence-electron chi connectivity index (χ3n) is 2.67. The van der Waals surface area contributed by atoms with Crippen LogP contribution in [0, 0.1) is 6.92 Å². The number of aliphatic carboxylic acids is 1. The lowest BCUT2D eigenvalue weighted by Crippen LogP contribution is -2.31. The molecule has 0 aromatic heterocycles. The molecule has 0 spiro atoms. The number of carbonyl (C=O) groups is 1. The number of carboxylic acids is 1. The fourth-order valence-electron chi connectivity index (χ4n) is 1.85. The van der Waals surface area contributed by atoms with Crippen molar-refractivity contribution in [3.05, 3.63) is 23.8 Å². The predicted octanol–water partition coefficient (Wildman–Crippen LogP) is 2.38. The fraction of sp³-hybridized carbons (Fsp3) is 0.417. The standard InChI is InChI=1S/C12H15NO2S/c1-9-2-3-11-10(8-9)13(6-7-16-11)5-4-12(14)15/h2-3,8H,4-7H2,1H3,(H,14,15). The van der Waals surface area contributed by atoms with Gasteiger partial charge < -0.3 is 10.0 Å². The maximum absolute atomic E-state index is 10.6. The van der Waals surface area contributed by atoms with Crippen molar-refractivity contribution in [2.45, 2.75) is 18.2 Å². The second kappa shape index (κ2) is 4.78. The van der Waals surface area contributed by atoms with Crippen molar-refractivity contribution in [1.29, 1.82) is 0 Å². The molecular formula is C12H15NO2S. The van der Waals surface area contributed by atoms with Gasteiger partial charge in [0.25, 0.3) is 0 Å². The first kappa shape index (κ1) is 11.3. The van der Waals surface area contributed by atoms with E-state index in [4.69, 9.17) is 5.11 Å². The summed E-state index contributed by atoms with van der Waals surface area (Å²) in [6, 6.07) is 6.37. The molecule has 1 N–H and O–H groups in total. The average molecular weight is 237 g/mol. The molecule has 4 heteroatoms. The summed E-state index contributed by atoms with van der Waals surface area (Å²) in [5, 5.41) is 8.71. The van der Waals surface area contributed by atoms with E-state index in [9.17, 15) is 4.79 Å². The molecule has 0 bridgehead atoms. The van der Waals surface area contributed by atoms with Gasteiger partial charge in [-0.05, 0) is 24.6 Å². The molecule has 3 nitrogen and oxygen atoms in total. The molecular weight excluding hydrogens is 222 g/mol. The Labute approximate surface area is 99.5 Å². The van der Waals surface area contributed by atoms with Gasteiger partial charge in [-0.25, -0.2) is 0 Å². The van der Waals surface area contributed by atoms with Crippen LogP contribution in [0.2, 0.25) is 0 Å². The Hall–Kier alpha value is -1.16. The summed E-state index contributed by atoms with van der Waals surface area (Å²) in [5.41, 5.74) is 2.42. The molecule has 1 heterocycles. The number of carboxylic acid groups (broad SMARTS) is 1. The SMILES string of the molecule is Cc1ccc2c(c1)N(CCC(=O)O)CCS2. The average Bonchev–Trinajstić information content (AvgIpc) is 2.26. The minimum Gasteiger partial charge on any atom is -0.481 e. The molecule has 0 amide bonds. The van der Waals surface area contributed by atoms with Crippen LogP contribution in [0.1, 0.15) is 12.0 Å². The van der Waals surface area contributed by atoms with Crippen molar-refractivity contribution in [2.75, 3.05) is 23.7 Å². The van der Waals surface area contributed by atoms with E-state index in [0.29, 0.717) is 6.54 Å². The number of benzene rings is 1. The lowest BCUT2D eigenvalue weighted by molar-refractivity contribution is -0.136. The zero-order valence-corrected chi connectivity index (χ0v) is 10.1. The van der Waals surface area contributed by atoms with E-state index in [1.54, 1.807) is 0 Å². The molecule has 0 saturated heterocycles. The molecule has 0 saturated carbocycles. The summed E-state index contributed by atoms with van der Waals surface area (Å²) in [7, 11) is 0. The molecule has 16 heavy (non-hydrogen) atoms. The molecule has 2 rings (SSSR count). The van der Waals surface area contributed by atoms with E-state index in [1.807, 2.05) is 11.8 Å². The number of anilines is 1. The van der Waals surface area contributed by atoms with E-state index in [-0.39, 0.29) is 6.42 Å². The summed E-state index contributed by atoms with van der Waals surface area (Å²) in [6.07, 6.45) is 0.206. The van der Waals surface area contributed by atoms with Gasteiger partial charge >= 0.3 is 5.97 Å². The minimum atomic E-state index is -0.729. The van der Waals surface area contributed by atoms with Crippen molar-refractivity contribution >= 4 is 23.4 Å². The van der Waals surface area contributed by atoms with Gasteiger partial charge in [-0.1, -0.05) is 6.07 Å². The van der Waals surface area contributed by atoms with Gasteiger partial charge in [-0.2, -0.15) is 0 Å². The van der Waals surface area contributed by atoms with E-state index in [1.165, 1.54) is 16.1 Å². The van der Waals surface area contributed by atoms with Crippen molar-refractivity contribution in [3.63, 3.8) is 0 Å². The van der Waals surface area contributed by atoms with Crippen LogP contribution in [0.3, 0.4) is 0 Å². The summed E-state index contributed by atoms with van der Waals surface area (Å²) < 4.78 is 0. The van der Waals surface area contributed by atoms with Gasteiger partial charge in [0.2, 0.25) is 0 Å². The van der Waals surface area contributed by atoms with Crippen LogP contribution in [-0.2, 0) is 4.79 Å². The third-order valence-corrected chi connectivity index (χ3v) is 3.71. The topological polar surface area (TPSA) is 40.5 Å². The Balaban J connectivity index is 2.18. The van der Waals surface area contributed by atoms with Crippen LogP contribution in [-0.4, -0.2) is 29.9 Å². The molecule has 1 aromatic rings.